The lowest BCUT2D eigenvalue weighted by molar-refractivity contribution is -0.114. The molecule has 1 aromatic rings. The summed E-state index contributed by atoms with van der Waals surface area (Å²) in [6.45, 7) is 9.07. The SMILES string of the molecule is CC(C)CCN1CCC[C@@]2(CC(C(=O)NCCCn3ccnc3)=NO2)C1. The first kappa shape index (κ1) is 18.9. The Kier molecular flexibility index (Phi) is 6.29. The van der Waals surface area contributed by atoms with Gasteiger partial charge in [-0.05, 0) is 44.7 Å². The van der Waals surface area contributed by atoms with Crippen molar-refractivity contribution in [2.75, 3.05) is 26.2 Å². The van der Waals surface area contributed by atoms with Crippen LogP contribution in [0.1, 0.15) is 46.0 Å². The second kappa shape index (κ2) is 8.66. The number of carbonyl (C=O) groups is 1. The van der Waals surface area contributed by atoms with E-state index < -0.39 is 0 Å². The fraction of sp³-hybridized carbons (Fsp3) is 0.737. The number of piperidine rings is 1. The number of aromatic nitrogens is 2. The number of carbonyl (C=O) groups excluding carboxylic acids is 1. The predicted octanol–water partition coefficient (Wildman–Crippen LogP) is 2.05. The van der Waals surface area contributed by atoms with Gasteiger partial charge in [-0.25, -0.2) is 4.98 Å². The van der Waals surface area contributed by atoms with Gasteiger partial charge < -0.3 is 14.7 Å². The molecule has 0 saturated carbocycles. The highest BCUT2D eigenvalue weighted by Gasteiger charge is 2.44. The van der Waals surface area contributed by atoms with Crippen LogP contribution in [0.25, 0.3) is 0 Å². The van der Waals surface area contributed by atoms with E-state index in [0.717, 1.165) is 45.4 Å². The zero-order valence-electron chi connectivity index (χ0n) is 16.0. The first-order valence-corrected chi connectivity index (χ1v) is 9.78. The zero-order chi connectivity index (χ0) is 18.4. The van der Waals surface area contributed by atoms with Gasteiger partial charge in [-0.2, -0.15) is 0 Å². The van der Waals surface area contributed by atoms with Gasteiger partial charge in [0.15, 0.2) is 5.60 Å². The number of nitrogens with zero attached hydrogens (tertiary/aromatic N) is 4. The number of aryl methyl sites for hydroxylation is 1. The van der Waals surface area contributed by atoms with Crippen molar-refractivity contribution in [2.45, 2.75) is 58.1 Å². The highest BCUT2D eigenvalue weighted by Crippen LogP contribution is 2.33. The molecule has 1 saturated heterocycles. The van der Waals surface area contributed by atoms with E-state index in [1.54, 1.807) is 12.5 Å². The fourth-order valence-corrected chi connectivity index (χ4v) is 3.67. The molecule has 1 spiro atoms. The molecule has 1 atom stereocenters. The number of rotatable bonds is 8. The van der Waals surface area contributed by atoms with Gasteiger partial charge in [-0.15, -0.1) is 0 Å². The number of nitrogens with one attached hydrogen (secondary N) is 1. The molecule has 7 heteroatoms. The highest BCUT2D eigenvalue weighted by atomic mass is 16.7. The summed E-state index contributed by atoms with van der Waals surface area (Å²) in [4.78, 5) is 24.6. The van der Waals surface area contributed by atoms with Crippen molar-refractivity contribution in [3.05, 3.63) is 18.7 Å². The lowest BCUT2D eigenvalue weighted by Gasteiger charge is -2.38. The lowest BCUT2D eigenvalue weighted by atomic mass is 9.87. The minimum absolute atomic E-state index is 0.0909. The molecule has 3 heterocycles. The van der Waals surface area contributed by atoms with Crippen molar-refractivity contribution < 1.29 is 9.63 Å². The zero-order valence-corrected chi connectivity index (χ0v) is 16.0. The van der Waals surface area contributed by atoms with Gasteiger partial charge in [0.2, 0.25) is 0 Å². The minimum atomic E-state index is -0.293. The fourth-order valence-electron chi connectivity index (χ4n) is 3.67. The number of amides is 1. The summed E-state index contributed by atoms with van der Waals surface area (Å²) in [7, 11) is 0. The maximum atomic E-state index is 12.4. The van der Waals surface area contributed by atoms with Crippen molar-refractivity contribution in [1.82, 2.24) is 19.8 Å². The summed E-state index contributed by atoms with van der Waals surface area (Å²) in [5.74, 6) is 0.615. The quantitative estimate of drug-likeness (QED) is 0.719. The van der Waals surface area contributed by atoms with Crippen LogP contribution < -0.4 is 5.32 Å². The molecule has 1 N–H and O–H groups in total. The second-order valence-corrected chi connectivity index (χ2v) is 7.96. The van der Waals surface area contributed by atoms with Crippen molar-refractivity contribution in [1.29, 1.82) is 0 Å². The Morgan fingerprint density at radius 3 is 3.08 bits per heavy atom. The summed E-state index contributed by atoms with van der Waals surface area (Å²) in [6.07, 6.45) is 10.2. The Labute approximate surface area is 155 Å². The monoisotopic (exact) mass is 361 g/mol. The smallest absolute Gasteiger partial charge is 0.269 e. The maximum Gasteiger partial charge on any atom is 0.269 e. The van der Waals surface area contributed by atoms with Crippen LogP contribution >= 0.6 is 0 Å². The van der Waals surface area contributed by atoms with E-state index in [0.29, 0.717) is 24.6 Å². The Bertz CT molecular complexity index is 613. The van der Waals surface area contributed by atoms with Gasteiger partial charge in [0, 0.05) is 38.4 Å². The van der Waals surface area contributed by atoms with E-state index in [1.807, 2.05) is 10.8 Å². The summed E-state index contributed by atoms with van der Waals surface area (Å²) in [6, 6.07) is 0. The summed E-state index contributed by atoms with van der Waals surface area (Å²) >= 11 is 0. The highest BCUT2D eigenvalue weighted by molar-refractivity contribution is 6.39. The molecule has 144 valence electrons. The summed E-state index contributed by atoms with van der Waals surface area (Å²) in [5, 5.41) is 7.10. The van der Waals surface area contributed by atoms with E-state index in [9.17, 15) is 4.79 Å². The van der Waals surface area contributed by atoms with E-state index >= 15 is 0 Å². The van der Waals surface area contributed by atoms with Gasteiger partial charge in [0.05, 0.1) is 6.33 Å². The van der Waals surface area contributed by atoms with Crippen molar-refractivity contribution in [3.8, 4) is 0 Å². The van der Waals surface area contributed by atoms with Crippen LogP contribution in [-0.4, -0.2) is 57.8 Å². The van der Waals surface area contributed by atoms with Gasteiger partial charge in [-0.1, -0.05) is 19.0 Å². The number of hydrogen-bond donors (Lipinski definition) is 1. The van der Waals surface area contributed by atoms with Crippen LogP contribution in [0.3, 0.4) is 0 Å². The minimum Gasteiger partial charge on any atom is -0.387 e. The second-order valence-electron chi connectivity index (χ2n) is 7.96. The third-order valence-electron chi connectivity index (χ3n) is 5.18. The van der Waals surface area contributed by atoms with E-state index in [1.165, 1.54) is 6.42 Å². The number of oxime groups is 1. The van der Waals surface area contributed by atoms with E-state index in [4.69, 9.17) is 4.84 Å². The molecular formula is C19H31N5O2. The van der Waals surface area contributed by atoms with Crippen LogP contribution in [0.15, 0.2) is 23.9 Å². The number of hydrogen-bond acceptors (Lipinski definition) is 5. The van der Waals surface area contributed by atoms with Gasteiger partial charge in [0.25, 0.3) is 5.91 Å². The molecular weight excluding hydrogens is 330 g/mol. The molecule has 0 radical (unpaired) electrons. The molecule has 1 aromatic heterocycles. The van der Waals surface area contributed by atoms with Crippen molar-refractivity contribution in [2.24, 2.45) is 11.1 Å². The maximum absolute atomic E-state index is 12.4. The first-order chi connectivity index (χ1) is 12.6. The van der Waals surface area contributed by atoms with Crippen LogP contribution in [0.2, 0.25) is 0 Å². The lowest BCUT2D eigenvalue weighted by Crippen LogP contribution is -2.49. The van der Waals surface area contributed by atoms with Crippen LogP contribution in [-0.2, 0) is 16.2 Å². The largest absolute Gasteiger partial charge is 0.387 e. The summed E-state index contributed by atoms with van der Waals surface area (Å²) < 4.78 is 2.01. The molecule has 0 unspecified atom stereocenters. The van der Waals surface area contributed by atoms with Crippen molar-refractivity contribution >= 4 is 11.6 Å². The average molecular weight is 361 g/mol. The molecule has 0 aliphatic carbocycles. The van der Waals surface area contributed by atoms with Crippen LogP contribution in [0, 0.1) is 5.92 Å². The average Bonchev–Trinajstić information content (AvgIpc) is 3.27. The third kappa shape index (κ3) is 5.06. The predicted molar refractivity (Wildman–Crippen MR) is 101 cm³/mol. The molecule has 2 aliphatic rings. The Morgan fingerprint density at radius 2 is 2.31 bits per heavy atom. The molecule has 3 rings (SSSR count). The van der Waals surface area contributed by atoms with Crippen molar-refractivity contribution in [3.63, 3.8) is 0 Å². The number of likely N-dealkylation sites (tertiary alicyclic amines) is 1. The van der Waals surface area contributed by atoms with Crippen LogP contribution in [0.5, 0.6) is 0 Å². The molecule has 1 fully saturated rings. The standard InChI is InChI=1S/C19H31N5O2/c1-16(2)5-11-23-9-3-6-19(14-23)13-17(22-26-19)18(25)21-7-4-10-24-12-8-20-15-24/h8,12,15-16H,3-7,9-11,13-14H2,1-2H3,(H,21,25)/t19-/m1/s1. The van der Waals surface area contributed by atoms with Crippen LogP contribution in [0.4, 0.5) is 0 Å². The Morgan fingerprint density at radius 1 is 1.42 bits per heavy atom. The Hall–Kier alpha value is -1.89. The van der Waals surface area contributed by atoms with Gasteiger partial charge in [-0.3, -0.25) is 9.69 Å². The van der Waals surface area contributed by atoms with E-state index in [-0.39, 0.29) is 11.5 Å². The topological polar surface area (TPSA) is 71.8 Å². The molecule has 0 aromatic carbocycles. The molecule has 0 bridgehead atoms. The van der Waals surface area contributed by atoms with Gasteiger partial charge >= 0.3 is 0 Å². The normalized spacial score (nSPS) is 23.3. The molecule has 7 nitrogen and oxygen atoms in total. The molecule has 1 amide bonds. The summed E-state index contributed by atoms with van der Waals surface area (Å²) in [5.41, 5.74) is 0.247. The Balaban J connectivity index is 1.41. The molecule has 2 aliphatic heterocycles. The third-order valence-corrected chi connectivity index (χ3v) is 5.18. The molecule has 26 heavy (non-hydrogen) atoms. The van der Waals surface area contributed by atoms with E-state index in [2.05, 4.69) is 34.2 Å². The number of imidazole rings is 1. The van der Waals surface area contributed by atoms with Gasteiger partial charge in [0.1, 0.15) is 5.71 Å². The first-order valence-electron chi connectivity index (χ1n) is 9.78.